The monoisotopic (exact) mass is 373 g/mol. The van der Waals surface area contributed by atoms with E-state index in [-0.39, 0.29) is 24.4 Å². The summed E-state index contributed by atoms with van der Waals surface area (Å²) in [5.74, 6) is -0.0749. The first-order chi connectivity index (χ1) is 12.7. The van der Waals surface area contributed by atoms with Crippen LogP contribution in [-0.2, 0) is 16.0 Å². The topological polar surface area (TPSA) is 78.5 Å². The van der Waals surface area contributed by atoms with Gasteiger partial charge in [0.25, 0.3) is 5.91 Å². The van der Waals surface area contributed by atoms with Gasteiger partial charge >= 0.3 is 6.03 Å². The molecule has 1 aliphatic rings. The predicted octanol–water partition coefficient (Wildman–Crippen LogP) is 3.17. The van der Waals surface area contributed by atoms with Crippen molar-refractivity contribution in [1.82, 2.24) is 15.5 Å². The van der Waals surface area contributed by atoms with Crippen LogP contribution >= 0.6 is 0 Å². The first-order valence-electron chi connectivity index (χ1n) is 9.74. The molecule has 2 N–H and O–H groups in total. The molecule has 6 nitrogen and oxygen atoms in total. The van der Waals surface area contributed by atoms with Gasteiger partial charge < -0.3 is 10.6 Å². The summed E-state index contributed by atoms with van der Waals surface area (Å²) in [6.45, 7) is 9.70. The van der Waals surface area contributed by atoms with Gasteiger partial charge in [0.1, 0.15) is 12.1 Å². The van der Waals surface area contributed by atoms with Crippen LogP contribution in [0, 0.1) is 5.92 Å². The van der Waals surface area contributed by atoms with E-state index in [1.54, 1.807) is 0 Å². The number of amides is 4. The van der Waals surface area contributed by atoms with E-state index < -0.39 is 11.6 Å². The number of benzene rings is 1. The summed E-state index contributed by atoms with van der Waals surface area (Å²) in [6, 6.07) is 7.47. The molecule has 2 rings (SSSR count). The largest absolute Gasteiger partial charge is 0.348 e. The molecular formula is C21H31N3O3. The molecule has 0 radical (unpaired) electrons. The summed E-state index contributed by atoms with van der Waals surface area (Å²) in [5.41, 5.74) is 1.38. The Morgan fingerprint density at radius 3 is 2.19 bits per heavy atom. The molecule has 1 heterocycles. The highest BCUT2D eigenvalue weighted by atomic mass is 16.2. The lowest BCUT2D eigenvalue weighted by Gasteiger charge is -2.23. The second kappa shape index (κ2) is 8.55. The van der Waals surface area contributed by atoms with Gasteiger partial charge in [-0.3, -0.25) is 14.5 Å². The average Bonchev–Trinajstić information content (AvgIpc) is 2.86. The third-order valence-electron chi connectivity index (χ3n) is 5.26. The van der Waals surface area contributed by atoms with Crippen molar-refractivity contribution in [1.29, 1.82) is 0 Å². The number of urea groups is 1. The smallest absolute Gasteiger partial charge is 0.325 e. The SMILES string of the molecule is CCC1(CC)NC(=O)N(CC(=O)N[C@@H](C)c2ccc(CC(C)C)cc2)C1=O. The molecule has 1 aliphatic heterocycles. The van der Waals surface area contributed by atoms with E-state index in [0.717, 1.165) is 16.9 Å². The van der Waals surface area contributed by atoms with Crippen molar-refractivity contribution in [3.63, 3.8) is 0 Å². The zero-order valence-corrected chi connectivity index (χ0v) is 17.0. The Kier molecular flexibility index (Phi) is 6.63. The second-order valence-corrected chi connectivity index (χ2v) is 7.74. The number of hydrogen-bond acceptors (Lipinski definition) is 3. The lowest BCUT2D eigenvalue weighted by molar-refractivity contribution is -0.135. The maximum absolute atomic E-state index is 12.6. The fourth-order valence-corrected chi connectivity index (χ4v) is 3.48. The quantitative estimate of drug-likeness (QED) is 0.687. The third-order valence-corrected chi connectivity index (χ3v) is 5.26. The van der Waals surface area contributed by atoms with Crippen LogP contribution in [-0.4, -0.2) is 34.8 Å². The molecule has 1 saturated heterocycles. The number of carbonyl (C=O) groups is 3. The maximum atomic E-state index is 12.6. The first kappa shape index (κ1) is 20.9. The third kappa shape index (κ3) is 4.67. The van der Waals surface area contributed by atoms with E-state index in [2.05, 4.69) is 36.6 Å². The Balaban J connectivity index is 1.97. The van der Waals surface area contributed by atoms with Crippen molar-refractivity contribution in [2.24, 2.45) is 5.92 Å². The van der Waals surface area contributed by atoms with Gasteiger partial charge in [-0.05, 0) is 43.2 Å². The van der Waals surface area contributed by atoms with E-state index in [4.69, 9.17) is 0 Å². The molecule has 0 aliphatic carbocycles. The minimum absolute atomic E-state index is 0.200. The Morgan fingerprint density at radius 1 is 1.11 bits per heavy atom. The van der Waals surface area contributed by atoms with Crippen LogP contribution in [0.1, 0.15) is 64.6 Å². The van der Waals surface area contributed by atoms with Gasteiger partial charge in [-0.2, -0.15) is 0 Å². The van der Waals surface area contributed by atoms with E-state index in [1.807, 2.05) is 32.9 Å². The van der Waals surface area contributed by atoms with Crippen molar-refractivity contribution in [2.75, 3.05) is 6.54 Å². The zero-order chi connectivity index (χ0) is 20.2. The molecule has 6 heteroatoms. The van der Waals surface area contributed by atoms with E-state index in [0.29, 0.717) is 18.8 Å². The average molecular weight is 373 g/mol. The second-order valence-electron chi connectivity index (χ2n) is 7.74. The van der Waals surface area contributed by atoms with Crippen LogP contribution in [0.2, 0.25) is 0 Å². The Morgan fingerprint density at radius 2 is 1.70 bits per heavy atom. The number of hydrogen-bond donors (Lipinski definition) is 2. The molecule has 1 atom stereocenters. The van der Waals surface area contributed by atoms with Crippen molar-refractivity contribution in [3.05, 3.63) is 35.4 Å². The van der Waals surface area contributed by atoms with Gasteiger partial charge in [-0.15, -0.1) is 0 Å². The van der Waals surface area contributed by atoms with Gasteiger partial charge in [0.15, 0.2) is 0 Å². The van der Waals surface area contributed by atoms with Gasteiger partial charge in [0.05, 0.1) is 6.04 Å². The van der Waals surface area contributed by atoms with E-state index >= 15 is 0 Å². The molecule has 1 fully saturated rings. The molecule has 0 unspecified atom stereocenters. The predicted molar refractivity (Wildman–Crippen MR) is 105 cm³/mol. The van der Waals surface area contributed by atoms with Crippen molar-refractivity contribution in [2.45, 2.75) is 65.5 Å². The standard InChI is InChI=1S/C21H31N3O3/c1-6-21(7-2)19(26)24(20(27)23-21)13-18(25)22-15(5)17-10-8-16(9-11-17)12-14(3)4/h8-11,14-15H,6-7,12-13H2,1-5H3,(H,22,25)(H,23,27)/t15-/m0/s1. The normalized spacial score (nSPS) is 17.2. The molecular weight excluding hydrogens is 342 g/mol. The van der Waals surface area contributed by atoms with Crippen molar-refractivity contribution >= 4 is 17.8 Å². The van der Waals surface area contributed by atoms with Gasteiger partial charge in [0.2, 0.25) is 5.91 Å². The summed E-state index contributed by atoms with van der Waals surface area (Å²) in [4.78, 5) is 38.1. The van der Waals surface area contributed by atoms with Gasteiger partial charge in [-0.1, -0.05) is 52.0 Å². The molecule has 0 saturated carbocycles. The van der Waals surface area contributed by atoms with Crippen LogP contribution in [0.3, 0.4) is 0 Å². The maximum Gasteiger partial charge on any atom is 0.325 e. The fraction of sp³-hybridized carbons (Fsp3) is 0.571. The molecule has 4 amide bonds. The summed E-state index contributed by atoms with van der Waals surface area (Å²) in [6.07, 6.45) is 2.03. The minimum atomic E-state index is -0.880. The molecule has 1 aromatic carbocycles. The molecule has 148 valence electrons. The van der Waals surface area contributed by atoms with Crippen LogP contribution in [0.25, 0.3) is 0 Å². The van der Waals surface area contributed by atoms with E-state index in [1.165, 1.54) is 5.56 Å². The van der Waals surface area contributed by atoms with Gasteiger partial charge in [-0.25, -0.2) is 4.79 Å². The summed E-state index contributed by atoms with van der Waals surface area (Å²) < 4.78 is 0. The number of imide groups is 1. The highest BCUT2D eigenvalue weighted by Crippen LogP contribution is 2.24. The highest BCUT2D eigenvalue weighted by molar-refractivity contribution is 6.09. The highest BCUT2D eigenvalue weighted by Gasteiger charge is 2.49. The Hall–Kier alpha value is -2.37. The molecule has 0 bridgehead atoms. The van der Waals surface area contributed by atoms with Crippen LogP contribution in [0.4, 0.5) is 4.79 Å². The van der Waals surface area contributed by atoms with Crippen molar-refractivity contribution < 1.29 is 14.4 Å². The van der Waals surface area contributed by atoms with Crippen molar-refractivity contribution in [3.8, 4) is 0 Å². The molecule has 0 aromatic heterocycles. The number of carbonyl (C=O) groups excluding carboxylic acids is 3. The molecule has 27 heavy (non-hydrogen) atoms. The Bertz CT molecular complexity index is 693. The molecule has 0 spiro atoms. The number of nitrogens with zero attached hydrogens (tertiary/aromatic N) is 1. The fourth-order valence-electron chi connectivity index (χ4n) is 3.48. The lowest BCUT2D eigenvalue weighted by atomic mass is 9.93. The summed E-state index contributed by atoms with van der Waals surface area (Å²) in [5, 5.41) is 5.61. The van der Waals surface area contributed by atoms with Crippen LogP contribution in [0.15, 0.2) is 24.3 Å². The molecule has 1 aromatic rings. The van der Waals surface area contributed by atoms with E-state index in [9.17, 15) is 14.4 Å². The number of nitrogens with one attached hydrogen (secondary N) is 2. The summed E-state index contributed by atoms with van der Waals surface area (Å²) >= 11 is 0. The Labute approximate surface area is 161 Å². The summed E-state index contributed by atoms with van der Waals surface area (Å²) in [7, 11) is 0. The zero-order valence-electron chi connectivity index (χ0n) is 17.0. The van der Waals surface area contributed by atoms with Crippen LogP contribution in [0.5, 0.6) is 0 Å². The lowest BCUT2D eigenvalue weighted by Crippen LogP contribution is -2.46. The minimum Gasteiger partial charge on any atom is -0.348 e. The van der Waals surface area contributed by atoms with Crippen LogP contribution < -0.4 is 10.6 Å². The van der Waals surface area contributed by atoms with Gasteiger partial charge in [0, 0.05) is 0 Å². The first-order valence-corrected chi connectivity index (χ1v) is 9.74. The number of rotatable bonds is 8.